The van der Waals surface area contributed by atoms with Gasteiger partial charge >= 0.3 is 5.97 Å². The van der Waals surface area contributed by atoms with Crippen LogP contribution in [0.4, 0.5) is 0 Å². The fraction of sp³-hybridized carbons (Fsp3) is 0.200. The van der Waals surface area contributed by atoms with Crippen LogP contribution in [-0.2, 0) is 16.8 Å². The van der Waals surface area contributed by atoms with Crippen LogP contribution in [-0.4, -0.2) is 27.0 Å². The molecule has 0 unspecified atom stereocenters. The molecule has 28 heavy (non-hydrogen) atoms. The van der Waals surface area contributed by atoms with Crippen LogP contribution in [0.1, 0.15) is 34.5 Å². The maximum absolute atomic E-state index is 12.8. The molecule has 142 valence electrons. The lowest BCUT2D eigenvalue weighted by Crippen LogP contribution is -2.35. The minimum Gasteiger partial charge on any atom is -0.477 e. The normalized spacial score (nSPS) is 14.6. The number of rotatable bonds is 5. The average Bonchev–Trinajstić information content (AvgIpc) is 3.48. The molecule has 1 amide bonds. The molecule has 2 aromatic heterocycles. The number of nitrogens with one attached hydrogen (secondary N) is 2. The van der Waals surface area contributed by atoms with Crippen LogP contribution in [0, 0.1) is 0 Å². The van der Waals surface area contributed by atoms with Gasteiger partial charge in [-0.25, -0.2) is 4.79 Å². The first-order chi connectivity index (χ1) is 13.4. The van der Waals surface area contributed by atoms with E-state index in [0.29, 0.717) is 21.5 Å². The van der Waals surface area contributed by atoms with Gasteiger partial charge in [0.1, 0.15) is 5.56 Å². The smallest absolute Gasteiger partial charge is 0.341 e. The maximum atomic E-state index is 12.8. The summed E-state index contributed by atoms with van der Waals surface area (Å²) in [7, 11) is 0. The molecule has 4 rings (SSSR count). The Hall–Kier alpha value is -3.19. The molecule has 1 saturated carbocycles. The molecule has 0 radical (unpaired) electrons. The summed E-state index contributed by atoms with van der Waals surface area (Å²) in [6.07, 6.45) is 3.12. The Kier molecular flexibility index (Phi) is 4.39. The lowest BCUT2D eigenvalue weighted by molar-refractivity contribution is -0.123. The predicted molar refractivity (Wildman–Crippen MR) is 104 cm³/mol. The van der Waals surface area contributed by atoms with Gasteiger partial charge in [0.15, 0.2) is 0 Å². The largest absolute Gasteiger partial charge is 0.477 e. The van der Waals surface area contributed by atoms with Crippen molar-refractivity contribution in [2.24, 2.45) is 0 Å². The zero-order chi connectivity index (χ0) is 19.9. The van der Waals surface area contributed by atoms with Crippen molar-refractivity contribution in [2.75, 3.05) is 0 Å². The fourth-order valence-electron chi connectivity index (χ4n) is 3.37. The number of pyridine rings is 2. The van der Waals surface area contributed by atoms with Gasteiger partial charge in [0.05, 0.1) is 16.6 Å². The van der Waals surface area contributed by atoms with E-state index >= 15 is 0 Å². The number of nitrogens with zero attached hydrogens (tertiary/aromatic N) is 1. The summed E-state index contributed by atoms with van der Waals surface area (Å²) in [5, 5.41) is 12.9. The minimum atomic E-state index is -1.32. The average molecular weight is 398 g/mol. The second-order valence-corrected chi connectivity index (χ2v) is 7.26. The van der Waals surface area contributed by atoms with E-state index in [2.05, 4.69) is 15.3 Å². The van der Waals surface area contributed by atoms with Crippen molar-refractivity contribution in [1.29, 1.82) is 0 Å². The molecule has 3 aromatic rings. The van der Waals surface area contributed by atoms with E-state index in [1.807, 2.05) is 12.1 Å². The lowest BCUT2D eigenvalue weighted by atomic mass is 10.00. The quantitative estimate of drug-likeness (QED) is 0.612. The summed E-state index contributed by atoms with van der Waals surface area (Å²) in [6, 6.07) is 9.99. The number of carboxylic acids is 1. The summed E-state index contributed by atoms with van der Waals surface area (Å²) in [5.41, 5.74) is 0.102. The molecule has 0 spiro atoms. The number of carboxylic acid groups (broad SMARTS) is 1. The molecular weight excluding hydrogens is 382 g/mol. The highest BCUT2D eigenvalue weighted by atomic mass is 35.5. The molecule has 0 aliphatic heterocycles. The SMILES string of the molecule is O=C(O)c1cc2cc(Cl)cc(CNC(=O)C3(c4ccccn4)CC3)c2[nH]c1=O. The molecule has 2 heterocycles. The summed E-state index contributed by atoms with van der Waals surface area (Å²) in [6.45, 7) is 0.146. The molecular formula is C20H16ClN3O4. The Morgan fingerprint density at radius 2 is 2.04 bits per heavy atom. The van der Waals surface area contributed by atoms with Crippen LogP contribution in [0.25, 0.3) is 10.9 Å². The number of amides is 1. The van der Waals surface area contributed by atoms with Crippen molar-refractivity contribution in [2.45, 2.75) is 24.8 Å². The third-order valence-electron chi connectivity index (χ3n) is 5.01. The second kappa shape index (κ2) is 6.76. The van der Waals surface area contributed by atoms with Gasteiger partial charge in [0, 0.05) is 23.2 Å². The first-order valence-corrected chi connectivity index (χ1v) is 9.07. The predicted octanol–water partition coefficient (Wildman–Crippen LogP) is 2.62. The number of hydrogen-bond donors (Lipinski definition) is 3. The Balaban J connectivity index is 1.63. The van der Waals surface area contributed by atoms with E-state index in [-0.39, 0.29) is 18.0 Å². The molecule has 8 heteroatoms. The number of halogens is 1. The molecule has 7 nitrogen and oxygen atoms in total. The van der Waals surface area contributed by atoms with Crippen LogP contribution in [0.2, 0.25) is 5.02 Å². The van der Waals surface area contributed by atoms with Gasteiger partial charge < -0.3 is 15.4 Å². The summed E-state index contributed by atoms with van der Waals surface area (Å²) in [5.74, 6) is -1.45. The number of fused-ring (bicyclic) bond motifs is 1. The highest BCUT2D eigenvalue weighted by molar-refractivity contribution is 6.31. The monoisotopic (exact) mass is 397 g/mol. The molecule has 0 atom stereocenters. The van der Waals surface area contributed by atoms with Gasteiger partial charge in [0.25, 0.3) is 5.56 Å². The van der Waals surface area contributed by atoms with E-state index in [4.69, 9.17) is 16.7 Å². The summed E-state index contributed by atoms with van der Waals surface area (Å²) in [4.78, 5) is 42.9. The highest BCUT2D eigenvalue weighted by Gasteiger charge is 2.52. The number of aromatic carboxylic acids is 1. The van der Waals surface area contributed by atoms with Gasteiger partial charge in [0.2, 0.25) is 5.91 Å². The van der Waals surface area contributed by atoms with Gasteiger partial charge in [-0.3, -0.25) is 14.6 Å². The van der Waals surface area contributed by atoms with Crippen molar-refractivity contribution < 1.29 is 14.7 Å². The number of aromatic amines is 1. The van der Waals surface area contributed by atoms with E-state index in [1.54, 1.807) is 24.4 Å². The zero-order valence-corrected chi connectivity index (χ0v) is 15.4. The molecule has 1 aliphatic rings. The standard InChI is InChI=1S/C20H16ClN3O4/c21-13-7-11-9-14(18(26)27)17(25)24-16(11)12(8-13)10-23-19(28)20(4-5-20)15-3-1-2-6-22-15/h1-3,6-9H,4-5,10H2,(H,23,28)(H,24,25)(H,26,27). The number of aromatic nitrogens is 2. The number of hydrogen-bond acceptors (Lipinski definition) is 4. The van der Waals surface area contributed by atoms with Gasteiger partial charge in [-0.05, 0) is 48.7 Å². The first-order valence-electron chi connectivity index (χ1n) is 8.69. The maximum Gasteiger partial charge on any atom is 0.341 e. The van der Waals surface area contributed by atoms with Crippen molar-refractivity contribution in [3.05, 3.63) is 74.8 Å². The Morgan fingerprint density at radius 3 is 2.68 bits per heavy atom. The number of carbonyl (C=O) groups is 2. The Morgan fingerprint density at radius 1 is 1.25 bits per heavy atom. The molecule has 3 N–H and O–H groups in total. The van der Waals surface area contributed by atoms with E-state index in [9.17, 15) is 14.4 Å². The minimum absolute atomic E-state index is 0.135. The van der Waals surface area contributed by atoms with Gasteiger partial charge in [-0.15, -0.1) is 0 Å². The summed E-state index contributed by atoms with van der Waals surface area (Å²) < 4.78 is 0. The molecule has 1 aromatic carbocycles. The zero-order valence-electron chi connectivity index (χ0n) is 14.7. The number of H-pyrrole nitrogens is 1. The Labute approximate surface area is 164 Å². The van der Waals surface area contributed by atoms with Crippen molar-refractivity contribution in [3.63, 3.8) is 0 Å². The van der Waals surface area contributed by atoms with Crippen molar-refractivity contribution >= 4 is 34.4 Å². The molecule has 1 fully saturated rings. The van der Waals surface area contributed by atoms with E-state index in [0.717, 1.165) is 18.5 Å². The van der Waals surface area contributed by atoms with Crippen LogP contribution in [0.3, 0.4) is 0 Å². The third-order valence-corrected chi connectivity index (χ3v) is 5.23. The number of benzene rings is 1. The molecule has 0 saturated heterocycles. The van der Waals surface area contributed by atoms with Crippen LogP contribution >= 0.6 is 11.6 Å². The summed E-state index contributed by atoms with van der Waals surface area (Å²) >= 11 is 6.15. The van der Waals surface area contributed by atoms with Gasteiger partial charge in [-0.2, -0.15) is 0 Å². The Bertz CT molecular complexity index is 1150. The van der Waals surface area contributed by atoms with E-state index in [1.165, 1.54) is 6.07 Å². The van der Waals surface area contributed by atoms with Crippen LogP contribution in [0.5, 0.6) is 0 Å². The second-order valence-electron chi connectivity index (χ2n) is 6.83. The fourth-order valence-corrected chi connectivity index (χ4v) is 3.62. The van der Waals surface area contributed by atoms with Crippen molar-refractivity contribution in [3.8, 4) is 0 Å². The number of carbonyl (C=O) groups excluding carboxylic acids is 1. The molecule has 1 aliphatic carbocycles. The van der Waals surface area contributed by atoms with Gasteiger partial charge in [-0.1, -0.05) is 17.7 Å². The highest BCUT2D eigenvalue weighted by Crippen LogP contribution is 2.47. The van der Waals surface area contributed by atoms with Crippen LogP contribution < -0.4 is 10.9 Å². The van der Waals surface area contributed by atoms with Crippen molar-refractivity contribution in [1.82, 2.24) is 15.3 Å². The molecule has 0 bridgehead atoms. The topological polar surface area (TPSA) is 112 Å². The van der Waals surface area contributed by atoms with E-state index < -0.39 is 16.9 Å². The first kappa shape index (κ1) is 18.2. The lowest BCUT2D eigenvalue weighted by Gasteiger charge is -2.15. The third kappa shape index (κ3) is 3.14. The van der Waals surface area contributed by atoms with Crippen LogP contribution in [0.15, 0.2) is 47.4 Å².